The average Bonchev–Trinajstić information content (AvgIpc) is 2.89. The van der Waals surface area contributed by atoms with Crippen molar-refractivity contribution >= 4 is 17.7 Å². The summed E-state index contributed by atoms with van der Waals surface area (Å²) < 4.78 is 5.09. The maximum absolute atomic E-state index is 14.4. The molecule has 4 fully saturated rings. The van der Waals surface area contributed by atoms with Crippen LogP contribution in [0.5, 0.6) is 0 Å². The molecule has 5 nitrogen and oxygen atoms in total. The first-order chi connectivity index (χ1) is 18.9. The van der Waals surface area contributed by atoms with Crippen molar-refractivity contribution in [1.82, 2.24) is 5.32 Å². The van der Waals surface area contributed by atoms with E-state index >= 15 is 0 Å². The second-order valence-corrected chi connectivity index (χ2v) is 17.2. The van der Waals surface area contributed by atoms with Gasteiger partial charge in [-0.2, -0.15) is 0 Å². The summed E-state index contributed by atoms with van der Waals surface area (Å²) in [5.74, 6) is 1.27. The summed E-state index contributed by atoms with van der Waals surface area (Å²) in [5.41, 5.74) is 1.27. The number of amides is 1. The highest BCUT2D eigenvalue weighted by Crippen LogP contribution is 2.75. The number of rotatable bonds is 4. The Labute approximate surface area is 249 Å². The van der Waals surface area contributed by atoms with Gasteiger partial charge in [0.1, 0.15) is 11.8 Å². The molecule has 0 radical (unpaired) electrons. The van der Waals surface area contributed by atoms with Crippen molar-refractivity contribution in [3.05, 3.63) is 11.6 Å². The lowest BCUT2D eigenvalue weighted by Gasteiger charge is -2.70. The molecule has 0 aromatic rings. The summed E-state index contributed by atoms with van der Waals surface area (Å²) in [4.78, 5) is 40.1. The van der Waals surface area contributed by atoms with Gasteiger partial charge >= 0.3 is 5.97 Å². The van der Waals surface area contributed by atoms with E-state index in [1.807, 2.05) is 13.8 Å². The molecule has 0 spiro atoms. The molecular formula is C36H57NO4. The summed E-state index contributed by atoms with van der Waals surface area (Å²) >= 11 is 0. The van der Waals surface area contributed by atoms with E-state index in [-0.39, 0.29) is 50.8 Å². The molecule has 0 aliphatic heterocycles. The first-order valence-corrected chi connectivity index (χ1v) is 16.5. The van der Waals surface area contributed by atoms with Crippen LogP contribution < -0.4 is 5.32 Å². The van der Waals surface area contributed by atoms with Gasteiger partial charge in [0.25, 0.3) is 0 Å². The first-order valence-electron chi connectivity index (χ1n) is 16.5. The normalized spacial score (nSPS) is 43.4. The molecule has 0 saturated heterocycles. The second kappa shape index (κ2) is 9.68. The zero-order chi connectivity index (χ0) is 30.4. The first kappa shape index (κ1) is 30.8. The fraction of sp³-hybridized carbons (Fsp3) is 0.861. The molecule has 1 amide bonds. The summed E-state index contributed by atoms with van der Waals surface area (Å²) in [6.45, 7) is 20.7. The Kier molecular flexibility index (Phi) is 7.27. The lowest BCUT2D eigenvalue weighted by atomic mass is 9.33. The molecule has 0 unspecified atom stereocenters. The Hall–Kier alpha value is -1.65. The maximum Gasteiger partial charge on any atom is 0.328 e. The SMILES string of the molecule is COC(=O)[C@H](NC(=O)[C@]12CCC(C)(C)C[C@H]1C1=CC[C@@H]3[C@@]4(C)CCC(=O)C(C)(C)[C@@H]4CC[C@@]3(C)[C@]1(C)CC2)C(C)C. The van der Waals surface area contributed by atoms with Crippen molar-refractivity contribution in [3.8, 4) is 0 Å². The molecule has 5 heteroatoms. The van der Waals surface area contributed by atoms with Crippen LogP contribution in [0.4, 0.5) is 0 Å². The van der Waals surface area contributed by atoms with E-state index in [0.29, 0.717) is 24.0 Å². The highest BCUT2D eigenvalue weighted by molar-refractivity contribution is 5.89. The topological polar surface area (TPSA) is 72.5 Å². The van der Waals surface area contributed by atoms with Gasteiger partial charge in [0.05, 0.1) is 12.5 Å². The molecule has 4 saturated carbocycles. The van der Waals surface area contributed by atoms with E-state index < -0.39 is 11.5 Å². The van der Waals surface area contributed by atoms with Crippen LogP contribution in [0.3, 0.4) is 0 Å². The molecule has 5 aliphatic rings. The molecule has 8 atom stereocenters. The van der Waals surface area contributed by atoms with Gasteiger partial charge in [0, 0.05) is 11.8 Å². The highest BCUT2D eigenvalue weighted by Gasteiger charge is 2.69. The number of hydrogen-bond acceptors (Lipinski definition) is 4. The molecule has 0 bridgehead atoms. The fourth-order valence-corrected chi connectivity index (χ4v) is 11.4. The number of fused-ring (bicyclic) bond motifs is 7. The molecule has 5 aliphatic carbocycles. The van der Waals surface area contributed by atoms with Crippen LogP contribution in [0.15, 0.2) is 11.6 Å². The molecule has 5 rings (SSSR count). The Morgan fingerprint density at radius 1 is 0.927 bits per heavy atom. The Morgan fingerprint density at radius 3 is 2.22 bits per heavy atom. The van der Waals surface area contributed by atoms with E-state index in [0.717, 1.165) is 57.8 Å². The van der Waals surface area contributed by atoms with Crippen LogP contribution in [0.2, 0.25) is 0 Å². The number of esters is 1. The Bertz CT molecular complexity index is 1150. The minimum Gasteiger partial charge on any atom is -0.467 e. The van der Waals surface area contributed by atoms with Crippen LogP contribution in [0.25, 0.3) is 0 Å². The van der Waals surface area contributed by atoms with Gasteiger partial charge in [0.2, 0.25) is 5.91 Å². The standard InChI is InChI=1S/C36H57NO4/c1-22(2)28(29(39)41-10)37-30(40)36-19-17-31(3,4)21-24(36)23-11-12-26-33(7)15-14-27(38)32(5,6)25(33)13-16-35(26,9)34(23,8)18-20-36/h11,22,24-26,28H,12-21H2,1-10H3,(H,37,40)/t24-,25-,26+,28+,33-,34+,35+,36-/m0/s1. The highest BCUT2D eigenvalue weighted by atomic mass is 16.5. The second-order valence-electron chi connectivity index (χ2n) is 17.2. The quantitative estimate of drug-likeness (QED) is 0.279. The monoisotopic (exact) mass is 567 g/mol. The van der Waals surface area contributed by atoms with E-state index in [1.165, 1.54) is 12.7 Å². The number of nitrogens with one attached hydrogen (secondary N) is 1. The number of methoxy groups -OCH3 is 1. The number of ketones is 1. The third-order valence-corrected chi connectivity index (χ3v) is 14.2. The van der Waals surface area contributed by atoms with Gasteiger partial charge in [-0.3, -0.25) is 9.59 Å². The van der Waals surface area contributed by atoms with Crippen molar-refractivity contribution in [2.45, 2.75) is 133 Å². The van der Waals surface area contributed by atoms with Crippen LogP contribution >= 0.6 is 0 Å². The molecule has 41 heavy (non-hydrogen) atoms. The molecule has 0 aromatic carbocycles. The number of hydrogen-bond donors (Lipinski definition) is 1. The number of ether oxygens (including phenoxy) is 1. The Morgan fingerprint density at radius 2 is 1.59 bits per heavy atom. The summed E-state index contributed by atoms with van der Waals surface area (Å²) in [5, 5.41) is 3.21. The Balaban J connectivity index is 1.55. The van der Waals surface area contributed by atoms with E-state index in [1.54, 1.807) is 0 Å². The van der Waals surface area contributed by atoms with Gasteiger partial charge in [-0.05, 0) is 103 Å². The van der Waals surface area contributed by atoms with Crippen LogP contribution in [0, 0.1) is 56.2 Å². The van der Waals surface area contributed by atoms with Gasteiger partial charge in [-0.15, -0.1) is 0 Å². The predicted octanol–water partition coefficient (Wildman–Crippen LogP) is 7.67. The molecular weight excluding hydrogens is 510 g/mol. The average molecular weight is 568 g/mol. The zero-order valence-corrected chi connectivity index (χ0v) is 27.7. The lowest BCUT2D eigenvalue weighted by Crippen LogP contribution is -2.65. The van der Waals surface area contributed by atoms with E-state index in [4.69, 9.17) is 4.74 Å². The minimum absolute atomic E-state index is 0.0250. The predicted molar refractivity (Wildman–Crippen MR) is 163 cm³/mol. The van der Waals surface area contributed by atoms with Crippen molar-refractivity contribution in [2.24, 2.45) is 56.2 Å². The fourth-order valence-electron chi connectivity index (χ4n) is 11.4. The maximum atomic E-state index is 14.4. The third kappa shape index (κ3) is 4.24. The van der Waals surface area contributed by atoms with Gasteiger partial charge in [-0.25, -0.2) is 4.79 Å². The number of Topliss-reactive ketones (excluding diaryl/α,β-unsaturated/α-hetero) is 1. The van der Waals surface area contributed by atoms with Crippen molar-refractivity contribution in [1.29, 1.82) is 0 Å². The van der Waals surface area contributed by atoms with E-state index in [2.05, 4.69) is 59.9 Å². The smallest absolute Gasteiger partial charge is 0.328 e. The molecule has 0 heterocycles. The van der Waals surface area contributed by atoms with Gasteiger partial charge in [0.15, 0.2) is 0 Å². The third-order valence-electron chi connectivity index (χ3n) is 14.2. The minimum atomic E-state index is -0.624. The molecule has 0 aromatic heterocycles. The van der Waals surface area contributed by atoms with Crippen LogP contribution in [-0.4, -0.2) is 30.8 Å². The summed E-state index contributed by atoms with van der Waals surface area (Å²) in [6, 6.07) is -0.624. The van der Waals surface area contributed by atoms with Crippen LogP contribution in [-0.2, 0) is 19.1 Å². The van der Waals surface area contributed by atoms with Gasteiger partial charge < -0.3 is 10.1 Å². The zero-order valence-electron chi connectivity index (χ0n) is 27.7. The number of allylic oxidation sites excluding steroid dienone is 2. The molecule has 1 N–H and O–H groups in total. The molecule has 230 valence electrons. The number of carbonyl (C=O) groups is 3. The van der Waals surface area contributed by atoms with Crippen molar-refractivity contribution < 1.29 is 19.1 Å². The van der Waals surface area contributed by atoms with Gasteiger partial charge in [-0.1, -0.05) is 74.0 Å². The largest absolute Gasteiger partial charge is 0.467 e. The van der Waals surface area contributed by atoms with Crippen molar-refractivity contribution in [3.63, 3.8) is 0 Å². The lowest BCUT2D eigenvalue weighted by molar-refractivity contribution is -0.186. The van der Waals surface area contributed by atoms with Crippen LogP contribution in [0.1, 0.15) is 127 Å². The number of carbonyl (C=O) groups excluding carboxylic acids is 3. The summed E-state index contributed by atoms with van der Waals surface area (Å²) in [7, 11) is 1.41. The van der Waals surface area contributed by atoms with Crippen molar-refractivity contribution in [2.75, 3.05) is 7.11 Å². The summed E-state index contributed by atoms with van der Waals surface area (Å²) in [6.07, 6.45) is 12.4. The van der Waals surface area contributed by atoms with E-state index in [9.17, 15) is 14.4 Å².